The smallest absolute Gasteiger partial charge is 0.229 e. The number of anilines is 1. The molecule has 7 heteroatoms. The fourth-order valence-corrected chi connectivity index (χ4v) is 3.87. The predicted molar refractivity (Wildman–Crippen MR) is 108 cm³/mol. The summed E-state index contributed by atoms with van der Waals surface area (Å²) in [5.74, 6) is 0.382. The summed E-state index contributed by atoms with van der Waals surface area (Å²) in [6, 6.07) is 11.6. The Bertz CT molecular complexity index is 1040. The van der Waals surface area contributed by atoms with Crippen LogP contribution in [0.1, 0.15) is 24.0 Å². The summed E-state index contributed by atoms with van der Waals surface area (Å²) in [4.78, 5) is 19.0. The quantitative estimate of drug-likeness (QED) is 0.733. The van der Waals surface area contributed by atoms with Crippen molar-refractivity contribution < 1.29 is 4.79 Å². The van der Waals surface area contributed by atoms with Gasteiger partial charge in [-0.25, -0.2) is 4.98 Å². The van der Waals surface area contributed by atoms with Crippen LogP contribution in [0.4, 0.5) is 5.82 Å². The summed E-state index contributed by atoms with van der Waals surface area (Å²) in [5.41, 5.74) is 2.62. The zero-order chi connectivity index (χ0) is 19.5. The van der Waals surface area contributed by atoms with Crippen molar-refractivity contribution in [3.63, 3.8) is 0 Å². The number of piperidine rings is 1. The van der Waals surface area contributed by atoms with E-state index in [1.54, 1.807) is 12.1 Å². The normalized spacial score (nSPS) is 17.4. The monoisotopic (exact) mass is 393 g/mol. The molecule has 28 heavy (non-hydrogen) atoms. The van der Waals surface area contributed by atoms with Gasteiger partial charge in [0.05, 0.1) is 22.0 Å². The number of likely N-dealkylation sites (tertiary alicyclic amines) is 1. The second-order valence-corrected chi connectivity index (χ2v) is 7.50. The summed E-state index contributed by atoms with van der Waals surface area (Å²) in [7, 11) is 0. The SMILES string of the molecule is N#Cc1c(CN2CCCC(C(=O)Nc3ccc(Cl)cn3)C2)cn2ccccc12. The van der Waals surface area contributed by atoms with Crippen molar-refractivity contribution in [2.24, 2.45) is 5.92 Å². The lowest BCUT2D eigenvalue weighted by molar-refractivity contribution is -0.121. The Morgan fingerprint density at radius 2 is 2.25 bits per heavy atom. The number of amides is 1. The molecule has 0 radical (unpaired) electrons. The minimum atomic E-state index is -0.103. The van der Waals surface area contributed by atoms with Gasteiger partial charge >= 0.3 is 0 Å². The number of nitrogens with zero attached hydrogens (tertiary/aromatic N) is 4. The number of hydrogen-bond donors (Lipinski definition) is 1. The highest BCUT2D eigenvalue weighted by molar-refractivity contribution is 6.30. The first-order valence-electron chi connectivity index (χ1n) is 9.27. The number of rotatable bonds is 4. The van der Waals surface area contributed by atoms with Crippen molar-refractivity contribution in [1.82, 2.24) is 14.3 Å². The minimum Gasteiger partial charge on any atom is -0.322 e. The van der Waals surface area contributed by atoms with Crippen LogP contribution in [0.25, 0.3) is 5.52 Å². The molecule has 3 aromatic heterocycles. The lowest BCUT2D eigenvalue weighted by atomic mass is 9.96. The summed E-state index contributed by atoms with van der Waals surface area (Å²) in [5, 5.41) is 13.0. The molecule has 1 atom stereocenters. The molecule has 0 bridgehead atoms. The van der Waals surface area contributed by atoms with Gasteiger partial charge in [-0.05, 0) is 43.7 Å². The molecule has 0 saturated carbocycles. The van der Waals surface area contributed by atoms with Crippen LogP contribution in [0.2, 0.25) is 5.02 Å². The Morgan fingerprint density at radius 1 is 1.36 bits per heavy atom. The molecule has 1 aliphatic heterocycles. The van der Waals surface area contributed by atoms with E-state index in [0.717, 1.165) is 30.5 Å². The molecule has 0 spiro atoms. The molecular formula is C21H20ClN5O. The number of pyridine rings is 2. The van der Waals surface area contributed by atoms with E-state index >= 15 is 0 Å². The largest absolute Gasteiger partial charge is 0.322 e. The van der Waals surface area contributed by atoms with E-state index in [9.17, 15) is 10.1 Å². The highest BCUT2D eigenvalue weighted by Gasteiger charge is 2.27. The van der Waals surface area contributed by atoms with Gasteiger partial charge in [0.1, 0.15) is 11.9 Å². The highest BCUT2D eigenvalue weighted by atomic mass is 35.5. The molecule has 0 aromatic carbocycles. The second-order valence-electron chi connectivity index (χ2n) is 7.06. The van der Waals surface area contributed by atoms with Crippen LogP contribution in [0.5, 0.6) is 0 Å². The third-order valence-corrected chi connectivity index (χ3v) is 5.35. The maximum Gasteiger partial charge on any atom is 0.229 e. The molecule has 1 aliphatic rings. The van der Waals surface area contributed by atoms with Crippen LogP contribution in [-0.4, -0.2) is 33.3 Å². The Kier molecular flexibility index (Phi) is 5.29. The summed E-state index contributed by atoms with van der Waals surface area (Å²) in [6.07, 6.45) is 7.27. The Hall–Kier alpha value is -2.88. The molecule has 1 N–H and O–H groups in total. The average Bonchev–Trinajstić information content (AvgIpc) is 3.06. The summed E-state index contributed by atoms with van der Waals surface area (Å²) >= 11 is 5.84. The standard InChI is InChI=1S/C21H20ClN5O/c22-17-6-7-20(24-11-17)25-21(28)15-4-3-8-26(12-15)13-16-14-27-9-2-1-5-19(27)18(16)10-23/h1-2,5-7,9,11,14-15H,3-4,8,12-13H2,(H,24,25,28). The van der Waals surface area contributed by atoms with Crippen LogP contribution < -0.4 is 5.32 Å². The van der Waals surface area contributed by atoms with Crippen LogP contribution in [0.3, 0.4) is 0 Å². The molecule has 1 amide bonds. The van der Waals surface area contributed by atoms with Crippen molar-refractivity contribution >= 4 is 28.8 Å². The van der Waals surface area contributed by atoms with Crippen LogP contribution in [-0.2, 0) is 11.3 Å². The van der Waals surface area contributed by atoms with E-state index in [2.05, 4.69) is 21.3 Å². The van der Waals surface area contributed by atoms with Crippen molar-refractivity contribution in [1.29, 1.82) is 5.26 Å². The first-order valence-corrected chi connectivity index (χ1v) is 9.65. The van der Waals surface area contributed by atoms with Gasteiger partial charge in [0.2, 0.25) is 5.91 Å². The molecule has 6 nitrogen and oxygen atoms in total. The van der Waals surface area contributed by atoms with E-state index in [0.29, 0.717) is 29.5 Å². The fraction of sp³-hybridized carbons (Fsp3) is 0.286. The van der Waals surface area contributed by atoms with E-state index in [4.69, 9.17) is 11.6 Å². The third kappa shape index (κ3) is 3.86. The van der Waals surface area contributed by atoms with Gasteiger partial charge in [-0.1, -0.05) is 17.7 Å². The van der Waals surface area contributed by atoms with Crippen molar-refractivity contribution in [3.8, 4) is 6.07 Å². The zero-order valence-corrected chi connectivity index (χ0v) is 16.1. The summed E-state index contributed by atoms with van der Waals surface area (Å²) in [6.45, 7) is 2.24. The van der Waals surface area contributed by atoms with Gasteiger partial charge < -0.3 is 9.72 Å². The van der Waals surface area contributed by atoms with E-state index in [1.165, 1.54) is 6.20 Å². The van der Waals surface area contributed by atoms with Crippen LogP contribution >= 0.6 is 11.6 Å². The number of hydrogen-bond acceptors (Lipinski definition) is 4. The third-order valence-electron chi connectivity index (χ3n) is 5.12. The molecular weight excluding hydrogens is 374 g/mol. The maximum atomic E-state index is 12.6. The van der Waals surface area contributed by atoms with Gasteiger partial charge in [0.15, 0.2) is 0 Å². The second kappa shape index (κ2) is 8.01. The molecule has 142 valence electrons. The van der Waals surface area contributed by atoms with Crippen molar-refractivity contribution in [3.05, 3.63) is 65.1 Å². The van der Waals surface area contributed by atoms with Gasteiger partial charge in [-0.2, -0.15) is 5.26 Å². The van der Waals surface area contributed by atoms with E-state index < -0.39 is 0 Å². The lowest BCUT2D eigenvalue weighted by Crippen LogP contribution is -2.40. The number of halogens is 1. The van der Waals surface area contributed by atoms with Crippen molar-refractivity contribution in [2.45, 2.75) is 19.4 Å². The molecule has 4 heterocycles. The summed E-state index contributed by atoms with van der Waals surface area (Å²) < 4.78 is 1.98. The molecule has 1 saturated heterocycles. The average molecular weight is 394 g/mol. The molecule has 1 fully saturated rings. The molecule has 1 unspecified atom stereocenters. The molecule has 4 rings (SSSR count). The highest BCUT2D eigenvalue weighted by Crippen LogP contribution is 2.24. The lowest BCUT2D eigenvalue weighted by Gasteiger charge is -2.31. The number of fused-ring (bicyclic) bond motifs is 1. The number of aromatic nitrogens is 2. The number of carbonyl (C=O) groups is 1. The minimum absolute atomic E-state index is 0.0259. The zero-order valence-electron chi connectivity index (χ0n) is 15.3. The first kappa shape index (κ1) is 18.5. The van der Waals surface area contributed by atoms with Crippen molar-refractivity contribution in [2.75, 3.05) is 18.4 Å². The Labute approximate surface area is 168 Å². The predicted octanol–water partition coefficient (Wildman–Crippen LogP) is 3.71. The van der Waals surface area contributed by atoms with E-state index in [-0.39, 0.29) is 11.8 Å². The van der Waals surface area contributed by atoms with Gasteiger partial charge in [-0.15, -0.1) is 0 Å². The Morgan fingerprint density at radius 3 is 3.04 bits per heavy atom. The molecule has 3 aromatic rings. The van der Waals surface area contributed by atoms with E-state index in [1.807, 2.05) is 35.0 Å². The topological polar surface area (TPSA) is 73.4 Å². The number of nitrogens with one attached hydrogen (secondary N) is 1. The Balaban J connectivity index is 1.45. The van der Waals surface area contributed by atoms with Crippen LogP contribution in [0.15, 0.2) is 48.9 Å². The van der Waals surface area contributed by atoms with Gasteiger partial charge in [-0.3, -0.25) is 9.69 Å². The fourth-order valence-electron chi connectivity index (χ4n) is 3.76. The number of carbonyl (C=O) groups excluding carboxylic acids is 1. The van der Waals surface area contributed by atoms with Crippen LogP contribution in [0, 0.1) is 17.2 Å². The number of nitriles is 1. The van der Waals surface area contributed by atoms with Gasteiger partial charge in [0, 0.05) is 37.2 Å². The maximum absolute atomic E-state index is 12.6. The molecule has 0 aliphatic carbocycles. The van der Waals surface area contributed by atoms with Gasteiger partial charge in [0.25, 0.3) is 0 Å². The first-order chi connectivity index (χ1) is 13.6.